The maximum Gasteiger partial charge on any atom is 0.0753 e. The molecule has 0 aliphatic carbocycles. The topological polar surface area (TPSA) is 23.8 Å². The molecular formula is C18H19N. The molecule has 0 spiro atoms. The smallest absolute Gasteiger partial charge is 0.0753 e. The van der Waals surface area contributed by atoms with E-state index in [1.807, 2.05) is 12.1 Å². The first kappa shape index (κ1) is 13.4. The van der Waals surface area contributed by atoms with E-state index < -0.39 is 0 Å². The van der Waals surface area contributed by atoms with Crippen molar-refractivity contribution in [1.82, 2.24) is 0 Å². The van der Waals surface area contributed by atoms with Crippen LogP contribution in [0.5, 0.6) is 0 Å². The van der Waals surface area contributed by atoms with Crippen LogP contribution in [-0.2, 0) is 12.8 Å². The van der Waals surface area contributed by atoms with Crippen LogP contribution in [0.25, 0.3) is 0 Å². The SMILES string of the molecule is CCc1ccc(C(C#N)Cc2ccccc2C)cc1. The Hall–Kier alpha value is -2.07. The number of hydrogen-bond donors (Lipinski definition) is 0. The zero-order valence-electron chi connectivity index (χ0n) is 11.6. The lowest BCUT2D eigenvalue weighted by molar-refractivity contribution is 0.842. The summed E-state index contributed by atoms with van der Waals surface area (Å²) in [7, 11) is 0. The molecule has 0 N–H and O–H groups in total. The van der Waals surface area contributed by atoms with Gasteiger partial charge in [0.1, 0.15) is 0 Å². The number of nitrogens with zero attached hydrogens (tertiary/aromatic N) is 1. The van der Waals surface area contributed by atoms with E-state index in [2.05, 4.69) is 56.3 Å². The highest BCUT2D eigenvalue weighted by atomic mass is 14.3. The largest absolute Gasteiger partial charge is 0.198 e. The van der Waals surface area contributed by atoms with Gasteiger partial charge >= 0.3 is 0 Å². The number of rotatable bonds is 4. The molecule has 0 fully saturated rings. The molecule has 1 nitrogen and oxygen atoms in total. The Bertz CT molecular complexity index is 575. The monoisotopic (exact) mass is 249 g/mol. The highest BCUT2D eigenvalue weighted by Gasteiger charge is 2.12. The second-order valence-electron chi connectivity index (χ2n) is 4.91. The highest BCUT2D eigenvalue weighted by Crippen LogP contribution is 2.22. The second kappa shape index (κ2) is 6.20. The Morgan fingerprint density at radius 2 is 1.74 bits per heavy atom. The fourth-order valence-electron chi connectivity index (χ4n) is 2.28. The lowest BCUT2D eigenvalue weighted by atomic mass is 9.91. The van der Waals surface area contributed by atoms with Crippen molar-refractivity contribution < 1.29 is 0 Å². The van der Waals surface area contributed by atoms with Crippen LogP contribution >= 0.6 is 0 Å². The summed E-state index contributed by atoms with van der Waals surface area (Å²) in [6.45, 7) is 4.24. The number of benzene rings is 2. The molecule has 0 bridgehead atoms. The van der Waals surface area contributed by atoms with Crippen LogP contribution in [0.4, 0.5) is 0 Å². The van der Waals surface area contributed by atoms with E-state index in [0.717, 1.165) is 18.4 Å². The molecule has 0 saturated heterocycles. The summed E-state index contributed by atoms with van der Waals surface area (Å²) in [5.41, 5.74) is 4.95. The lowest BCUT2D eigenvalue weighted by Crippen LogP contribution is -2.02. The summed E-state index contributed by atoms with van der Waals surface area (Å²) in [5, 5.41) is 9.41. The molecule has 0 aliphatic rings. The van der Waals surface area contributed by atoms with E-state index in [1.165, 1.54) is 16.7 Å². The normalized spacial score (nSPS) is 11.8. The van der Waals surface area contributed by atoms with Crippen LogP contribution in [-0.4, -0.2) is 0 Å². The predicted molar refractivity (Wildman–Crippen MR) is 79.1 cm³/mol. The van der Waals surface area contributed by atoms with Crippen molar-refractivity contribution in [2.45, 2.75) is 32.6 Å². The third kappa shape index (κ3) is 3.23. The standard InChI is InChI=1S/C18H19N/c1-3-15-8-10-16(11-9-15)18(13-19)12-17-7-5-4-6-14(17)2/h4-11,18H,3,12H2,1-2H3. The molecule has 2 rings (SSSR count). The van der Waals surface area contributed by atoms with Crippen LogP contribution in [0, 0.1) is 18.3 Å². The van der Waals surface area contributed by atoms with Crippen LogP contribution < -0.4 is 0 Å². The van der Waals surface area contributed by atoms with E-state index in [4.69, 9.17) is 0 Å². The molecule has 19 heavy (non-hydrogen) atoms. The molecular weight excluding hydrogens is 230 g/mol. The predicted octanol–water partition coefficient (Wildman–Crippen LogP) is 4.41. The van der Waals surface area contributed by atoms with Gasteiger partial charge in [0, 0.05) is 0 Å². The third-order valence-electron chi connectivity index (χ3n) is 3.63. The van der Waals surface area contributed by atoms with Crippen molar-refractivity contribution >= 4 is 0 Å². The van der Waals surface area contributed by atoms with Crippen LogP contribution in [0.15, 0.2) is 48.5 Å². The quantitative estimate of drug-likeness (QED) is 0.787. The van der Waals surface area contributed by atoms with Crippen LogP contribution in [0.2, 0.25) is 0 Å². The van der Waals surface area contributed by atoms with E-state index in [0.29, 0.717) is 0 Å². The van der Waals surface area contributed by atoms with E-state index in [1.54, 1.807) is 0 Å². The van der Waals surface area contributed by atoms with Gasteiger partial charge in [0.05, 0.1) is 12.0 Å². The van der Waals surface area contributed by atoms with Crippen molar-refractivity contribution in [2.24, 2.45) is 0 Å². The first-order chi connectivity index (χ1) is 9.24. The first-order valence-corrected chi connectivity index (χ1v) is 6.77. The summed E-state index contributed by atoms with van der Waals surface area (Å²) >= 11 is 0. The van der Waals surface area contributed by atoms with Crippen molar-refractivity contribution in [3.8, 4) is 6.07 Å². The minimum absolute atomic E-state index is 0.0630. The van der Waals surface area contributed by atoms with Crippen molar-refractivity contribution in [3.63, 3.8) is 0 Å². The third-order valence-corrected chi connectivity index (χ3v) is 3.63. The van der Waals surface area contributed by atoms with Gasteiger partial charge in [-0.1, -0.05) is 55.5 Å². The maximum absolute atomic E-state index is 9.41. The van der Waals surface area contributed by atoms with Crippen molar-refractivity contribution in [3.05, 3.63) is 70.8 Å². The summed E-state index contributed by atoms with van der Waals surface area (Å²) in [5.74, 6) is -0.0630. The Morgan fingerprint density at radius 3 is 2.32 bits per heavy atom. The molecule has 1 unspecified atom stereocenters. The Labute approximate surface area is 115 Å². The van der Waals surface area contributed by atoms with Gasteiger partial charge in [0.25, 0.3) is 0 Å². The Balaban J connectivity index is 2.21. The summed E-state index contributed by atoms with van der Waals surface area (Å²) < 4.78 is 0. The Morgan fingerprint density at radius 1 is 1.05 bits per heavy atom. The number of hydrogen-bond acceptors (Lipinski definition) is 1. The van der Waals surface area contributed by atoms with Crippen molar-refractivity contribution in [2.75, 3.05) is 0 Å². The summed E-state index contributed by atoms with van der Waals surface area (Å²) in [6.07, 6.45) is 1.82. The van der Waals surface area contributed by atoms with Gasteiger partial charge in [0.2, 0.25) is 0 Å². The van der Waals surface area contributed by atoms with Gasteiger partial charge in [-0.25, -0.2) is 0 Å². The molecule has 1 heteroatoms. The fourth-order valence-corrected chi connectivity index (χ4v) is 2.28. The van der Waals surface area contributed by atoms with E-state index in [-0.39, 0.29) is 5.92 Å². The zero-order chi connectivity index (χ0) is 13.7. The molecule has 0 aromatic heterocycles. The second-order valence-corrected chi connectivity index (χ2v) is 4.91. The van der Waals surface area contributed by atoms with Gasteiger partial charge in [-0.2, -0.15) is 5.26 Å². The maximum atomic E-state index is 9.41. The molecule has 0 aliphatic heterocycles. The molecule has 2 aromatic rings. The van der Waals surface area contributed by atoms with E-state index >= 15 is 0 Å². The molecule has 0 saturated carbocycles. The average molecular weight is 249 g/mol. The fraction of sp³-hybridized carbons (Fsp3) is 0.278. The van der Waals surface area contributed by atoms with Crippen molar-refractivity contribution in [1.29, 1.82) is 5.26 Å². The average Bonchev–Trinajstić information content (AvgIpc) is 2.47. The molecule has 1 atom stereocenters. The number of nitriles is 1. The molecule has 2 aromatic carbocycles. The molecule has 0 heterocycles. The summed E-state index contributed by atoms with van der Waals surface area (Å²) in [4.78, 5) is 0. The minimum Gasteiger partial charge on any atom is -0.198 e. The van der Waals surface area contributed by atoms with Crippen LogP contribution in [0.1, 0.15) is 35.1 Å². The zero-order valence-corrected chi connectivity index (χ0v) is 11.6. The highest BCUT2D eigenvalue weighted by molar-refractivity contribution is 5.33. The molecule has 0 radical (unpaired) electrons. The van der Waals surface area contributed by atoms with Gasteiger partial charge in [-0.15, -0.1) is 0 Å². The summed E-state index contributed by atoms with van der Waals surface area (Å²) in [6, 6.07) is 19.1. The van der Waals surface area contributed by atoms with Gasteiger partial charge in [-0.3, -0.25) is 0 Å². The minimum atomic E-state index is -0.0630. The van der Waals surface area contributed by atoms with E-state index in [9.17, 15) is 5.26 Å². The van der Waals surface area contributed by atoms with Gasteiger partial charge in [-0.05, 0) is 42.0 Å². The van der Waals surface area contributed by atoms with Gasteiger partial charge < -0.3 is 0 Å². The first-order valence-electron chi connectivity index (χ1n) is 6.77. The van der Waals surface area contributed by atoms with Crippen LogP contribution in [0.3, 0.4) is 0 Å². The Kier molecular flexibility index (Phi) is 4.36. The number of aryl methyl sites for hydroxylation is 2. The van der Waals surface area contributed by atoms with Gasteiger partial charge in [0.15, 0.2) is 0 Å². The lowest BCUT2D eigenvalue weighted by Gasteiger charge is -2.12. The molecule has 96 valence electrons. The molecule has 0 amide bonds.